The van der Waals surface area contributed by atoms with E-state index in [2.05, 4.69) is 10.1 Å². The molecule has 0 aromatic heterocycles. The molecule has 0 aromatic rings. The van der Waals surface area contributed by atoms with Gasteiger partial charge >= 0.3 is 11.9 Å². The highest BCUT2D eigenvalue weighted by atomic mass is 16.7. The van der Waals surface area contributed by atoms with Crippen LogP contribution in [-0.4, -0.2) is 88.7 Å². The van der Waals surface area contributed by atoms with E-state index in [9.17, 15) is 29.7 Å². The Morgan fingerprint density at radius 1 is 1.07 bits per heavy atom. The molecule has 30 heavy (non-hydrogen) atoms. The van der Waals surface area contributed by atoms with Gasteiger partial charge in [0.15, 0.2) is 6.29 Å². The molecule has 5 N–H and O–H groups in total. The van der Waals surface area contributed by atoms with E-state index < -0.39 is 49.3 Å². The average Bonchev–Trinajstić information content (AvgIpc) is 2.96. The molecule has 0 unspecified atom stereocenters. The summed E-state index contributed by atoms with van der Waals surface area (Å²) in [5.41, 5.74) is 0.479. The summed E-state index contributed by atoms with van der Waals surface area (Å²) in [5, 5.41) is 41.1. The second-order valence-corrected chi connectivity index (χ2v) is 7.26. The zero-order valence-corrected chi connectivity index (χ0v) is 16.8. The summed E-state index contributed by atoms with van der Waals surface area (Å²) in [6.45, 7) is 1.63. The smallest absolute Gasteiger partial charge is 0.342 e. The van der Waals surface area contributed by atoms with Gasteiger partial charge < -0.3 is 40.0 Å². The highest BCUT2D eigenvalue weighted by Gasteiger charge is 2.43. The summed E-state index contributed by atoms with van der Waals surface area (Å²) in [5.74, 6) is -1.59. The first-order chi connectivity index (χ1) is 14.3. The van der Waals surface area contributed by atoms with E-state index in [1.54, 1.807) is 0 Å². The van der Waals surface area contributed by atoms with Crippen LogP contribution in [0.25, 0.3) is 0 Å². The summed E-state index contributed by atoms with van der Waals surface area (Å²) >= 11 is 0. The van der Waals surface area contributed by atoms with E-state index in [0.29, 0.717) is 25.8 Å². The lowest BCUT2D eigenvalue weighted by atomic mass is 9.99. The van der Waals surface area contributed by atoms with Gasteiger partial charge in [0.1, 0.15) is 24.4 Å². The monoisotopic (exact) mass is 431 g/mol. The number of amides is 1. The molecule has 0 aromatic carbocycles. The topological polar surface area (TPSA) is 172 Å². The average molecular weight is 431 g/mol. The van der Waals surface area contributed by atoms with Gasteiger partial charge in [-0.25, -0.2) is 9.59 Å². The van der Waals surface area contributed by atoms with Crippen molar-refractivity contribution >= 4 is 17.8 Å². The zero-order valence-electron chi connectivity index (χ0n) is 16.8. The summed E-state index contributed by atoms with van der Waals surface area (Å²) < 4.78 is 15.1. The van der Waals surface area contributed by atoms with Crippen LogP contribution in [0.15, 0.2) is 11.1 Å². The van der Waals surface area contributed by atoms with Crippen molar-refractivity contribution in [3.63, 3.8) is 0 Å². The fraction of sp³-hybridized carbons (Fsp3) is 0.737. The van der Waals surface area contributed by atoms with E-state index >= 15 is 0 Å². The lowest BCUT2D eigenvalue weighted by molar-refractivity contribution is -0.301. The molecule has 2 heterocycles. The Morgan fingerprint density at radius 3 is 2.43 bits per heavy atom. The molecule has 11 heteroatoms. The number of ether oxygens (including phenoxy) is 3. The number of carbonyl (C=O) groups excluding carboxylic acids is 3. The quantitative estimate of drug-likeness (QED) is 0.144. The minimum absolute atomic E-state index is 0.0786. The third-order valence-electron chi connectivity index (χ3n) is 5.07. The molecule has 1 saturated heterocycles. The number of hydrogen-bond acceptors (Lipinski definition) is 10. The number of carbonyl (C=O) groups is 3. The van der Waals surface area contributed by atoms with Crippen LogP contribution in [0, 0.1) is 0 Å². The first-order valence-electron chi connectivity index (χ1n) is 9.91. The molecule has 0 bridgehead atoms. The van der Waals surface area contributed by atoms with Gasteiger partial charge in [0.05, 0.1) is 6.61 Å². The maximum atomic E-state index is 11.8. The predicted molar refractivity (Wildman–Crippen MR) is 99.6 cm³/mol. The molecule has 2 rings (SSSR count). The van der Waals surface area contributed by atoms with Crippen molar-refractivity contribution in [2.24, 2.45) is 0 Å². The lowest BCUT2D eigenvalue weighted by Gasteiger charge is -2.39. The van der Waals surface area contributed by atoms with E-state index in [-0.39, 0.29) is 36.5 Å². The van der Waals surface area contributed by atoms with Crippen molar-refractivity contribution in [2.75, 3.05) is 19.8 Å². The Bertz CT molecular complexity index is 662. The number of aliphatic hydroxyl groups excluding tert-OH is 4. The molecule has 5 atom stereocenters. The second kappa shape index (κ2) is 11.5. The molecule has 1 amide bonds. The van der Waals surface area contributed by atoms with Gasteiger partial charge in [-0.15, -0.1) is 0 Å². The Balaban J connectivity index is 1.55. The molecule has 0 radical (unpaired) electrons. The fourth-order valence-electron chi connectivity index (χ4n) is 3.15. The molecule has 2 aliphatic heterocycles. The Labute approximate surface area is 173 Å². The highest BCUT2D eigenvalue weighted by Crippen LogP contribution is 2.22. The molecule has 170 valence electrons. The molecule has 0 spiro atoms. The first-order valence-corrected chi connectivity index (χ1v) is 9.91. The van der Waals surface area contributed by atoms with Gasteiger partial charge in [-0.3, -0.25) is 4.79 Å². The number of aliphatic hydroxyl groups is 4. The normalized spacial score (nSPS) is 29.3. The minimum Gasteiger partial charge on any atom is -0.394 e. The van der Waals surface area contributed by atoms with E-state index in [0.717, 1.165) is 0 Å². The molecular weight excluding hydrogens is 402 g/mol. The number of hydrogen-bond donors (Lipinski definition) is 5. The van der Waals surface area contributed by atoms with Crippen LogP contribution >= 0.6 is 0 Å². The first kappa shape index (κ1) is 24.4. The van der Waals surface area contributed by atoms with Crippen molar-refractivity contribution in [1.29, 1.82) is 0 Å². The largest absolute Gasteiger partial charge is 0.394 e. The van der Waals surface area contributed by atoms with Gasteiger partial charge in [0.2, 0.25) is 5.91 Å². The summed E-state index contributed by atoms with van der Waals surface area (Å²) in [6.07, 6.45) is -4.26. The van der Waals surface area contributed by atoms with Crippen LogP contribution in [-0.2, 0) is 28.6 Å². The Morgan fingerprint density at radius 2 is 1.80 bits per heavy atom. The van der Waals surface area contributed by atoms with Gasteiger partial charge in [-0.2, -0.15) is 0 Å². The lowest BCUT2D eigenvalue weighted by Crippen LogP contribution is -2.59. The highest BCUT2D eigenvalue weighted by molar-refractivity contribution is 6.12. The Hall–Kier alpha value is -1.89. The van der Waals surface area contributed by atoms with Crippen LogP contribution < -0.4 is 5.32 Å². The van der Waals surface area contributed by atoms with E-state index in [4.69, 9.17) is 14.6 Å². The summed E-state index contributed by atoms with van der Waals surface area (Å²) in [7, 11) is 0. The maximum absolute atomic E-state index is 11.8. The fourth-order valence-corrected chi connectivity index (χ4v) is 3.15. The Kier molecular flexibility index (Phi) is 9.34. The van der Waals surface area contributed by atoms with Crippen LogP contribution in [0.2, 0.25) is 0 Å². The second-order valence-electron chi connectivity index (χ2n) is 7.26. The number of rotatable bonds is 11. The molecule has 2 aliphatic rings. The molecule has 0 aliphatic carbocycles. The van der Waals surface area contributed by atoms with E-state index in [1.807, 2.05) is 0 Å². The SMILES string of the molecule is CC1=C(CCC(=O)NCCCCCO[C@@H]2O[C@H](CO)[C@H](O)[C@H](O)[C@H]2O)C(=O)OC1=O. The van der Waals surface area contributed by atoms with Crippen molar-refractivity contribution in [3.05, 3.63) is 11.1 Å². The molecule has 0 saturated carbocycles. The minimum atomic E-state index is -1.47. The van der Waals surface area contributed by atoms with Crippen molar-refractivity contribution in [1.82, 2.24) is 5.32 Å². The number of nitrogens with one attached hydrogen (secondary N) is 1. The molecular formula is C19H29NO10. The van der Waals surface area contributed by atoms with Gasteiger partial charge in [-0.1, -0.05) is 0 Å². The van der Waals surface area contributed by atoms with Gasteiger partial charge in [0, 0.05) is 30.7 Å². The van der Waals surface area contributed by atoms with Gasteiger partial charge in [-0.05, 0) is 32.6 Å². The zero-order chi connectivity index (χ0) is 22.3. The van der Waals surface area contributed by atoms with Crippen molar-refractivity contribution in [3.8, 4) is 0 Å². The summed E-state index contributed by atoms with van der Waals surface area (Å²) in [4.78, 5) is 34.6. The van der Waals surface area contributed by atoms with Crippen molar-refractivity contribution < 1.29 is 49.0 Å². The third-order valence-corrected chi connectivity index (χ3v) is 5.07. The van der Waals surface area contributed by atoms with E-state index in [1.165, 1.54) is 6.92 Å². The van der Waals surface area contributed by atoms with Crippen LogP contribution in [0.4, 0.5) is 0 Å². The standard InChI is InChI=1S/C19H29NO10/c1-10-11(18(27)30-17(10)26)5-6-13(22)20-7-3-2-4-8-28-19-16(25)15(24)14(23)12(9-21)29-19/h12,14-16,19,21,23-25H,2-9H2,1H3,(H,20,22)/t12-,14+,15+,16-,19-/m1/s1. The third kappa shape index (κ3) is 6.30. The number of esters is 2. The van der Waals surface area contributed by atoms with Crippen LogP contribution in [0.3, 0.4) is 0 Å². The van der Waals surface area contributed by atoms with Crippen LogP contribution in [0.1, 0.15) is 39.0 Å². The summed E-state index contributed by atoms with van der Waals surface area (Å²) in [6, 6.07) is 0. The predicted octanol–water partition coefficient (Wildman–Crippen LogP) is -1.73. The number of cyclic esters (lactones) is 2. The molecule has 1 fully saturated rings. The van der Waals surface area contributed by atoms with Crippen molar-refractivity contribution in [2.45, 2.75) is 69.7 Å². The maximum Gasteiger partial charge on any atom is 0.342 e. The van der Waals surface area contributed by atoms with Gasteiger partial charge in [0.25, 0.3) is 0 Å². The number of unbranched alkanes of at least 4 members (excludes halogenated alkanes) is 2. The molecule has 11 nitrogen and oxygen atoms in total. The van der Waals surface area contributed by atoms with Crippen LogP contribution in [0.5, 0.6) is 0 Å².